The minimum atomic E-state index is -0.269. The summed E-state index contributed by atoms with van der Waals surface area (Å²) < 4.78 is 11.4. The Morgan fingerprint density at radius 2 is 2.04 bits per heavy atom. The van der Waals surface area contributed by atoms with Gasteiger partial charge in [-0.3, -0.25) is 4.79 Å². The van der Waals surface area contributed by atoms with Crippen molar-refractivity contribution >= 4 is 27.5 Å². The van der Waals surface area contributed by atoms with Crippen molar-refractivity contribution in [3.8, 4) is 22.9 Å². The van der Waals surface area contributed by atoms with Crippen LogP contribution in [0.3, 0.4) is 0 Å². The standard InChI is InChI=1S/C16H12BrN5O3/c17-12-4-2-1-3-11(12)16-19-21-22(20-16)8-15(23)18-10-5-6-13-14(7-10)25-9-24-13/h1-7H,8-9H2,(H,18,23). The normalized spacial score (nSPS) is 12.2. The molecule has 0 saturated carbocycles. The van der Waals surface area contributed by atoms with Crippen LogP contribution < -0.4 is 14.8 Å². The molecule has 0 unspecified atom stereocenters. The fourth-order valence-corrected chi connectivity index (χ4v) is 2.83. The number of hydrogen-bond acceptors (Lipinski definition) is 6. The molecule has 1 N–H and O–H groups in total. The highest BCUT2D eigenvalue weighted by Crippen LogP contribution is 2.34. The smallest absolute Gasteiger partial charge is 0.248 e. The van der Waals surface area contributed by atoms with Crippen LogP contribution in [0, 0.1) is 0 Å². The summed E-state index contributed by atoms with van der Waals surface area (Å²) in [7, 11) is 0. The molecule has 0 spiro atoms. The molecule has 25 heavy (non-hydrogen) atoms. The minimum Gasteiger partial charge on any atom is -0.454 e. The van der Waals surface area contributed by atoms with E-state index in [0.717, 1.165) is 10.0 Å². The number of tetrazole rings is 1. The van der Waals surface area contributed by atoms with Crippen molar-refractivity contribution in [2.45, 2.75) is 6.54 Å². The fraction of sp³-hybridized carbons (Fsp3) is 0.125. The van der Waals surface area contributed by atoms with E-state index in [-0.39, 0.29) is 19.2 Å². The highest BCUT2D eigenvalue weighted by molar-refractivity contribution is 9.10. The number of rotatable bonds is 4. The van der Waals surface area contributed by atoms with Crippen LogP contribution in [-0.2, 0) is 11.3 Å². The molecule has 2 aromatic carbocycles. The van der Waals surface area contributed by atoms with E-state index in [1.54, 1.807) is 18.2 Å². The van der Waals surface area contributed by atoms with E-state index in [1.807, 2.05) is 24.3 Å². The van der Waals surface area contributed by atoms with Gasteiger partial charge in [-0.25, -0.2) is 0 Å². The van der Waals surface area contributed by atoms with E-state index in [1.165, 1.54) is 4.80 Å². The van der Waals surface area contributed by atoms with Crippen LogP contribution in [0.25, 0.3) is 11.4 Å². The van der Waals surface area contributed by atoms with Crippen LogP contribution in [0.15, 0.2) is 46.9 Å². The van der Waals surface area contributed by atoms with Crippen LogP contribution in [0.1, 0.15) is 0 Å². The van der Waals surface area contributed by atoms with Gasteiger partial charge in [-0.1, -0.05) is 28.1 Å². The number of aromatic nitrogens is 4. The Morgan fingerprint density at radius 3 is 2.92 bits per heavy atom. The van der Waals surface area contributed by atoms with Gasteiger partial charge in [0, 0.05) is 21.8 Å². The predicted octanol–water partition coefficient (Wildman–Crippen LogP) is 2.47. The molecule has 8 nitrogen and oxygen atoms in total. The molecule has 0 radical (unpaired) electrons. The summed E-state index contributed by atoms with van der Waals surface area (Å²) in [4.78, 5) is 13.4. The molecule has 9 heteroatoms. The van der Waals surface area contributed by atoms with E-state index in [0.29, 0.717) is 23.0 Å². The van der Waals surface area contributed by atoms with Crippen molar-refractivity contribution in [3.05, 3.63) is 46.9 Å². The zero-order valence-corrected chi connectivity index (χ0v) is 14.4. The van der Waals surface area contributed by atoms with E-state index >= 15 is 0 Å². The zero-order valence-electron chi connectivity index (χ0n) is 12.8. The van der Waals surface area contributed by atoms with Gasteiger partial charge in [-0.15, -0.1) is 10.2 Å². The van der Waals surface area contributed by atoms with Crippen molar-refractivity contribution in [1.82, 2.24) is 20.2 Å². The largest absolute Gasteiger partial charge is 0.454 e. The molecule has 4 rings (SSSR count). The lowest BCUT2D eigenvalue weighted by molar-refractivity contribution is -0.117. The third-order valence-electron chi connectivity index (χ3n) is 3.51. The highest BCUT2D eigenvalue weighted by atomic mass is 79.9. The molecule has 1 aliphatic heterocycles. The number of halogens is 1. The Kier molecular flexibility index (Phi) is 4.06. The minimum absolute atomic E-state index is 0.0497. The Labute approximate surface area is 150 Å². The van der Waals surface area contributed by atoms with Gasteiger partial charge in [-0.05, 0) is 29.5 Å². The molecule has 2 heterocycles. The number of amides is 1. The predicted molar refractivity (Wildman–Crippen MR) is 92.1 cm³/mol. The van der Waals surface area contributed by atoms with Crippen LogP contribution >= 0.6 is 15.9 Å². The maximum absolute atomic E-state index is 12.2. The Balaban J connectivity index is 1.44. The maximum Gasteiger partial charge on any atom is 0.248 e. The molecule has 0 atom stereocenters. The number of anilines is 1. The van der Waals surface area contributed by atoms with Gasteiger partial charge in [0.25, 0.3) is 0 Å². The third-order valence-corrected chi connectivity index (χ3v) is 4.20. The van der Waals surface area contributed by atoms with Crippen molar-refractivity contribution in [2.75, 3.05) is 12.1 Å². The van der Waals surface area contributed by atoms with Gasteiger partial charge < -0.3 is 14.8 Å². The van der Waals surface area contributed by atoms with Gasteiger partial charge in [-0.2, -0.15) is 4.80 Å². The molecular weight excluding hydrogens is 390 g/mol. The number of benzene rings is 2. The first-order chi connectivity index (χ1) is 12.2. The van der Waals surface area contributed by atoms with Crippen LogP contribution in [0.4, 0.5) is 5.69 Å². The molecule has 0 aliphatic carbocycles. The first kappa shape index (κ1) is 15.6. The van der Waals surface area contributed by atoms with Gasteiger partial charge in [0.2, 0.25) is 18.5 Å². The molecule has 126 valence electrons. The molecule has 1 aliphatic rings. The first-order valence-electron chi connectivity index (χ1n) is 7.41. The van der Waals surface area contributed by atoms with E-state index in [9.17, 15) is 4.79 Å². The number of carbonyl (C=O) groups is 1. The summed E-state index contributed by atoms with van der Waals surface area (Å²) >= 11 is 3.44. The molecule has 1 aromatic heterocycles. The lowest BCUT2D eigenvalue weighted by Gasteiger charge is -2.05. The first-order valence-corrected chi connectivity index (χ1v) is 8.20. The lowest BCUT2D eigenvalue weighted by Crippen LogP contribution is -2.20. The summed E-state index contributed by atoms with van der Waals surface area (Å²) in [5, 5.41) is 14.9. The monoisotopic (exact) mass is 401 g/mol. The number of carbonyl (C=O) groups excluding carboxylic acids is 1. The molecule has 3 aromatic rings. The second-order valence-electron chi connectivity index (χ2n) is 5.24. The average Bonchev–Trinajstić information content (AvgIpc) is 3.24. The lowest BCUT2D eigenvalue weighted by atomic mass is 10.2. The third kappa shape index (κ3) is 3.31. The topological polar surface area (TPSA) is 91.2 Å². The number of fused-ring (bicyclic) bond motifs is 1. The fourth-order valence-electron chi connectivity index (χ4n) is 2.36. The SMILES string of the molecule is O=C(Cn1nnc(-c2ccccc2Br)n1)Nc1ccc2c(c1)OCO2. The number of nitrogens with one attached hydrogen (secondary N) is 1. The summed E-state index contributed by atoms with van der Waals surface area (Å²) in [6.07, 6.45) is 0. The zero-order chi connectivity index (χ0) is 17.2. The summed E-state index contributed by atoms with van der Waals surface area (Å²) in [5.41, 5.74) is 1.42. The summed E-state index contributed by atoms with van der Waals surface area (Å²) in [5.74, 6) is 1.44. The van der Waals surface area contributed by atoms with E-state index in [2.05, 4.69) is 36.7 Å². The Hall–Kier alpha value is -2.94. The second kappa shape index (κ2) is 6.52. The van der Waals surface area contributed by atoms with Gasteiger partial charge in [0.05, 0.1) is 0 Å². The number of ether oxygens (including phenoxy) is 2. The second-order valence-corrected chi connectivity index (χ2v) is 6.09. The van der Waals surface area contributed by atoms with Crippen LogP contribution in [-0.4, -0.2) is 32.9 Å². The van der Waals surface area contributed by atoms with E-state index < -0.39 is 0 Å². The molecule has 1 amide bonds. The van der Waals surface area contributed by atoms with Crippen molar-refractivity contribution in [1.29, 1.82) is 0 Å². The maximum atomic E-state index is 12.2. The van der Waals surface area contributed by atoms with Crippen molar-refractivity contribution in [2.24, 2.45) is 0 Å². The van der Waals surface area contributed by atoms with Gasteiger partial charge in [0.1, 0.15) is 6.54 Å². The Bertz CT molecular complexity index is 943. The van der Waals surface area contributed by atoms with Gasteiger partial charge in [0.15, 0.2) is 11.5 Å². The highest BCUT2D eigenvalue weighted by Gasteiger charge is 2.15. The average molecular weight is 402 g/mol. The molecular formula is C16H12BrN5O3. The summed E-state index contributed by atoms with van der Waals surface area (Å²) in [6.45, 7) is 0.138. The Morgan fingerprint density at radius 1 is 1.20 bits per heavy atom. The molecule has 0 bridgehead atoms. The van der Waals surface area contributed by atoms with Crippen LogP contribution in [0.5, 0.6) is 11.5 Å². The molecule has 0 fully saturated rings. The number of hydrogen-bond donors (Lipinski definition) is 1. The summed E-state index contributed by atoms with van der Waals surface area (Å²) in [6, 6.07) is 12.7. The quantitative estimate of drug-likeness (QED) is 0.721. The van der Waals surface area contributed by atoms with Crippen molar-refractivity contribution < 1.29 is 14.3 Å². The van der Waals surface area contributed by atoms with Crippen molar-refractivity contribution in [3.63, 3.8) is 0 Å². The van der Waals surface area contributed by atoms with Crippen LogP contribution in [0.2, 0.25) is 0 Å². The van der Waals surface area contributed by atoms with Gasteiger partial charge >= 0.3 is 0 Å². The molecule has 0 saturated heterocycles. The number of nitrogens with zero attached hydrogens (tertiary/aromatic N) is 4. The van der Waals surface area contributed by atoms with E-state index in [4.69, 9.17) is 9.47 Å².